The molecule has 0 saturated carbocycles. The molecular weight excluding hydrogens is 320 g/mol. The first-order valence-electron chi connectivity index (χ1n) is 8.83. The van der Waals surface area contributed by atoms with Crippen molar-refractivity contribution in [2.24, 2.45) is 13.0 Å². The van der Waals surface area contributed by atoms with E-state index in [2.05, 4.69) is 10.00 Å². The molecule has 2 aromatic rings. The number of aryl methyl sites for hydroxylation is 2. The second-order valence-corrected chi connectivity index (χ2v) is 6.83. The van der Waals surface area contributed by atoms with Gasteiger partial charge >= 0.3 is 0 Å². The fourth-order valence-electron chi connectivity index (χ4n) is 3.42. The molecule has 136 valence electrons. The van der Waals surface area contributed by atoms with Crippen molar-refractivity contribution < 1.29 is 4.79 Å². The molecule has 0 spiro atoms. The van der Waals surface area contributed by atoms with Crippen LogP contribution in [0.15, 0.2) is 4.79 Å². The number of anilines is 1. The second kappa shape index (κ2) is 6.50. The summed E-state index contributed by atoms with van der Waals surface area (Å²) in [5.74, 6) is 0.861. The Hall–Kier alpha value is -2.38. The standard InChI is InChI=1S/C17H26N6O2/c1-6-23-16(25)14-13(12(4)19-20(14)5)18-17(23)22-9-7-21(8-10-22)15(24)11(2)3/h11H,6-10H2,1-5H3. The largest absolute Gasteiger partial charge is 0.339 e. The van der Waals surface area contributed by atoms with Gasteiger partial charge in [0.2, 0.25) is 11.9 Å². The Balaban J connectivity index is 1.96. The number of carbonyl (C=O) groups is 1. The number of nitrogens with zero attached hydrogens (tertiary/aromatic N) is 6. The van der Waals surface area contributed by atoms with Crippen molar-refractivity contribution in [2.45, 2.75) is 34.2 Å². The van der Waals surface area contributed by atoms with E-state index in [1.165, 1.54) is 0 Å². The lowest BCUT2D eigenvalue weighted by Crippen LogP contribution is -2.51. The van der Waals surface area contributed by atoms with Crippen LogP contribution in [0.1, 0.15) is 26.5 Å². The van der Waals surface area contributed by atoms with E-state index in [1.54, 1.807) is 16.3 Å². The SMILES string of the molecule is CCn1c(N2CCN(C(=O)C(C)C)CC2)nc2c(C)nn(C)c2c1=O. The average Bonchev–Trinajstić information content (AvgIpc) is 2.88. The van der Waals surface area contributed by atoms with Crippen molar-refractivity contribution in [3.8, 4) is 0 Å². The first-order valence-corrected chi connectivity index (χ1v) is 8.83. The molecule has 0 unspecified atom stereocenters. The minimum atomic E-state index is -0.0636. The number of fused-ring (bicyclic) bond motifs is 1. The van der Waals surface area contributed by atoms with E-state index in [1.807, 2.05) is 32.6 Å². The summed E-state index contributed by atoms with van der Waals surface area (Å²) < 4.78 is 3.30. The Kier molecular flexibility index (Phi) is 4.53. The number of hydrogen-bond acceptors (Lipinski definition) is 5. The van der Waals surface area contributed by atoms with Crippen LogP contribution in [-0.4, -0.2) is 56.3 Å². The molecule has 8 nitrogen and oxygen atoms in total. The quantitative estimate of drug-likeness (QED) is 0.820. The molecule has 8 heteroatoms. The van der Waals surface area contributed by atoms with Crippen molar-refractivity contribution in [3.05, 3.63) is 16.0 Å². The highest BCUT2D eigenvalue weighted by atomic mass is 16.2. The molecule has 0 bridgehead atoms. The third kappa shape index (κ3) is 2.89. The summed E-state index contributed by atoms with van der Waals surface area (Å²) in [5.41, 5.74) is 1.89. The number of piperazine rings is 1. The topological polar surface area (TPSA) is 76.3 Å². The molecule has 1 fully saturated rings. The summed E-state index contributed by atoms with van der Waals surface area (Å²) in [5, 5.41) is 4.34. The van der Waals surface area contributed by atoms with Crippen molar-refractivity contribution in [1.82, 2.24) is 24.2 Å². The lowest BCUT2D eigenvalue weighted by Gasteiger charge is -2.36. The van der Waals surface area contributed by atoms with Crippen LogP contribution in [0.4, 0.5) is 5.95 Å². The molecule has 3 rings (SSSR count). The molecule has 0 N–H and O–H groups in total. The maximum atomic E-state index is 12.9. The summed E-state index contributed by atoms with van der Waals surface area (Å²) in [6.45, 7) is 10.9. The number of amides is 1. The summed E-state index contributed by atoms with van der Waals surface area (Å²) in [4.78, 5) is 33.8. The van der Waals surface area contributed by atoms with Crippen LogP contribution >= 0.6 is 0 Å². The van der Waals surface area contributed by atoms with E-state index in [0.29, 0.717) is 49.7 Å². The Morgan fingerprint density at radius 2 is 1.84 bits per heavy atom. The van der Waals surface area contributed by atoms with Gasteiger partial charge in [-0.15, -0.1) is 0 Å². The van der Waals surface area contributed by atoms with Crippen molar-refractivity contribution in [2.75, 3.05) is 31.1 Å². The maximum absolute atomic E-state index is 12.9. The molecule has 1 amide bonds. The summed E-state index contributed by atoms with van der Waals surface area (Å²) in [6, 6.07) is 0. The number of carbonyl (C=O) groups excluding carboxylic acids is 1. The lowest BCUT2D eigenvalue weighted by molar-refractivity contribution is -0.134. The zero-order valence-corrected chi connectivity index (χ0v) is 15.6. The molecule has 0 aromatic carbocycles. The minimum Gasteiger partial charge on any atom is -0.339 e. The summed E-state index contributed by atoms with van der Waals surface area (Å²) in [7, 11) is 1.77. The Bertz CT molecular complexity index is 858. The predicted molar refractivity (Wildman–Crippen MR) is 96.8 cm³/mol. The number of rotatable bonds is 3. The Morgan fingerprint density at radius 1 is 1.20 bits per heavy atom. The van der Waals surface area contributed by atoms with Crippen LogP contribution in [0.3, 0.4) is 0 Å². The number of hydrogen-bond donors (Lipinski definition) is 0. The van der Waals surface area contributed by atoms with E-state index in [4.69, 9.17) is 4.98 Å². The Labute approximate surface area is 147 Å². The molecule has 0 aliphatic carbocycles. The summed E-state index contributed by atoms with van der Waals surface area (Å²) in [6.07, 6.45) is 0. The fourth-order valence-corrected chi connectivity index (χ4v) is 3.42. The monoisotopic (exact) mass is 346 g/mol. The molecular formula is C17H26N6O2. The van der Waals surface area contributed by atoms with Gasteiger partial charge in [-0.3, -0.25) is 18.8 Å². The highest BCUT2D eigenvalue weighted by Crippen LogP contribution is 2.19. The van der Waals surface area contributed by atoms with Gasteiger partial charge < -0.3 is 9.80 Å². The molecule has 3 heterocycles. The molecule has 0 atom stereocenters. The second-order valence-electron chi connectivity index (χ2n) is 6.83. The zero-order chi connectivity index (χ0) is 18.3. The third-order valence-electron chi connectivity index (χ3n) is 4.78. The normalized spacial score (nSPS) is 15.4. The molecule has 1 aliphatic heterocycles. The Morgan fingerprint density at radius 3 is 2.40 bits per heavy atom. The predicted octanol–water partition coefficient (Wildman–Crippen LogP) is 0.763. The first kappa shape index (κ1) is 17.4. The zero-order valence-electron chi connectivity index (χ0n) is 15.6. The smallest absolute Gasteiger partial charge is 0.281 e. The summed E-state index contributed by atoms with van der Waals surface area (Å²) >= 11 is 0. The molecule has 1 aliphatic rings. The highest BCUT2D eigenvalue weighted by molar-refractivity contribution is 5.79. The van der Waals surface area contributed by atoms with Gasteiger partial charge in [-0.1, -0.05) is 13.8 Å². The van der Waals surface area contributed by atoms with Gasteiger partial charge in [0.05, 0.1) is 5.69 Å². The van der Waals surface area contributed by atoms with Crippen molar-refractivity contribution >= 4 is 22.9 Å². The fraction of sp³-hybridized carbons (Fsp3) is 0.647. The average molecular weight is 346 g/mol. The van der Waals surface area contributed by atoms with E-state index in [-0.39, 0.29) is 17.4 Å². The molecule has 2 aromatic heterocycles. The van der Waals surface area contributed by atoms with E-state index < -0.39 is 0 Å². The first-order chi connectivity index (χ1) is 11.8. The van der Waals surface area contributed by atoms with Crippen LogP contribution < -0.4 is 10.5 Å². The van der Waals surface area contributed by atoms with Gasteiger partial charge in [-0.25, -0.2) is 4.98 Å². The van der Waals surface area contributed by atoms with Gasteiger partial charge in [0, 0.05) is 45.7 Å². The van der Waals surface area contributed by atoms with Crippen LogP contribution in [-0.2, 0) is 18.4 Å². The molecule has 0 radical (unpaired) electrons. The number of aromatic nitrogens is 4. The van der Waals surface area contributed by atoms with Gasteiger partial charge in [-0.05, 0) is 13.8 Å². The third-order valence-corrected chi connectivity index (χ3v) is 4.78. The molecule has 25 heavy (non-hydrogen) atoms. The lowest BCUT2D eigenvalue weighted by atomic mass is 10.1. The highest BCUT2D eigenvalue weighted by Gasteiger charge is 2.26. The van der Waals surface area contributed by atoms with Crippen LogP contribution in [0.5, 0.6) is 0 Å². The van der Waals surface area contributed by atoms with Gasteiger partial charge in [0.1, 0.15) is 5.52 Å². The van der Waals surface area contributed by atoms with E-state index in [9.17, 15) is 9.59 Å². The van der Waals surface area contributed by atoms with Gasteiger partial charge in [-0.2, -0.15) is 5.10 Å². The van der Waals surface area contributed by atoms with Gasteiger partial charge in [0.15, 0.2) is 5.52 Å². The van der Waals surface area contributed by atoms with Crippen molar-refractivity contribution in [1.29, 1.82) is 0 Å². The van der Waals surface area contributed by atoms with E-state index in [0.717, 1.165) is 5.69 Å². The maximum Gasteiger partial charge on any atom is 0.281 e. The molecule has 1 saturated heterocycles. The minimum absolute atomic E-state index is 0.00731. The van der Waals surface area contributed by atoms with Crippen LogP contribution in [0.2, 0.25) is 0 Å². The van der Waals surface area contributed by atoms with Crippen LogP contribution in [0, 0.1) is 12.8 Å². The van der Waals surface area contributed by atoms with Gasteiger partial charge in [0.25, 0.3) is 5.56 Å². The van der Waals surface area contributed by atoms with E-state index >= 15 is 0 Å². The van der Waals surface area contributed by atoms with Crippen molar-refractivity contribution in [3.63, 3.8) is 0 Å². The van der Waals surface area contributed by atoms with Crippen LogP contribution in [0.25, 0.3) is 11.0 Å².